The van der Waals surface area contributed by atoms with Gasteiger partial charge in [-0.3, -0.25) is 4.90 Å². The van der Waals surface area contributed by atoms with E-state index in [1.54, 1.807) is 0 Å². The summed E-state index contributed by atoms with van der Waals surface area (Å²) in [5.74, 6) is 0. The van der Waals surface area contributed by atoms with E-state index in [1.807, 2.05) is 0 Å². The Morgan fingerprint density at radius 3 is 2.43 bits per heavy atom. The van der Waals surface area contributed by atoms with Gasteiger partial charge in [-0.25, -0.2) is 0 Å². The zero-order chi connectivity index (χ0) is 10.0. The first kappa shape index (κ1) is 9.73. The molecule has 0 amide bonds. The van der Waals surface area contributed by atoms with Crippen LogP contribution in [0.4, 0.5) is 0 Å². The standard InChI is InChI=1S/C12H18N2/c1-11-3-9-14(10-4-11)12(7-8-13)5-2-6-12/h1-7,9-10H2. The van der Waals surface area contributed by atoms with Crippen LogP contribution in [0.25, 0.3) is 0 Å². The van der Waals surface area contributed by atoms with Crippen molar-refractivity contribution in [2.45, 2.75) is 44.1 Å². The zero-order valence-electron chi connectivity index (χ0n) is 8.76. The van der Waals surface area contributed by atoms with E-state index in [4.69, 9.17) is 5.26 Å². The molecule has 0 spiro atoms. The summed E-state index contributed by atoms with van der Waals surface area (Å²) in [5.41, 5.74) is 1.64. The van der Waals surface area contributed by atoms with Crippen LogP contribution in [0.3, 0.4) is 0 Å². The number of hydrogen-bond acceptors (Lipinski definition) is 2. The van der Waals surface area contributed by atoms with E-state index in [2.05, 4.69) is 17.5 Å². The molecular weight excluding hydrogens is 172 g/mol. The molecule has 76 valence electrons. The number of hydrogen-bond donors (Lipinski definition) is 0. The lowest BCUT2D eigenvalue weighted by atomic mass is 9.72. The Kier molecular flexibility index (Phi) is 2.60. The van der Waals surface area contributed by atoms with Crippen molar-refractivity contribution in [2.24, 2.45) is 0 Å². The topological polar surface area (TPSA) is 27.0 Å². The highest BCUT2D eigenvalue weighted by atomic mass is 15.2. The lowest BCUT2D eigenvalue weighted by Crippen LogP contribution is -2.55. The molecule has 0 radical (unpaired) electrons. The normalized spacial score (nSPS) is 26.6. The number of nitrogens with zero attached hydrogens (tertiary/aromatic N) is 2. The van der Waals surface area contributed by atoms with Crippen LogP contribution in [-0.2, 0) is 0 Å². The van der Waals surface area contributed by atoms with Crippen molar-refractivity contribution in [3.8, 4) is 6.07 Å². The van der Waals surface area contributed by atoms with Gasteiger partial charge in [-0.2, -0.15) is 5.26 Å². The van der Waals surface area contributed by atoms with Gasteiger partial charge in [-0.1, -0.05) is 12.2 Å². The summed E-state index contributed by atoms with van der Waals surface area (Å²) in [7, 11) is 0. The van der Waals surface area contributed by atoms with Gasteiger partial charge in [0.25, 0.3) is 0 Å². The summed E-state index contributed by atoms with van der Waals surface area (Å²) < 4.78 is 0. The van der Waals surface area contributed by atoms with Crippen molar-refractivity contribution >= 4 is 0 Å². The second-order valence-corrected chi connectivity index (χ2v) is 4.65. The van der Waals surface area contributed by atoms with Crippen LogP contribution in [0.15, 0.2) is 12.2 Å². The van der Waals surface area contributed by atoms with E-state index < -0.39 is 0 Å². The Hall–Kier alpha value is -0.810. The van der Waals surface area contributed by atoms with Gasteiger partial charge < -0.3 is 0 Å². The average molecular weight is 190 g/mol. The predicted molar refractivity (Wildman–Crippen MR) is 56.8 cm³/mol. The number of nitriles is 1. The van der Waals surface area contributed by atoms with E-state index in [-0.39, 0.29) is 5.54 Å². The van der Waals surface area contributed by atoms with Crippen LogP contribution >= 0.6 is 0 Å². The lowest BCUT2D eigenvalue weighted by Gasteiger charge is -2.51. The Labute approximate surface area is 86.2 Å². The molecule has 0 aromatic rings. The van der Waals surface area contributed by atoms with Crippen molar-refractivity contribution in [3.05, 3.63) is 12.2 Å². The lowest BCUT2D eigenvalue weighted by molar-refractivity contribution is 0.0137. The first-order valence-corrected chi connectivity index (χ1v) is 5.55. The Bertz CT molecular complexity index is 261. The molecule has 2 nitrogen and oxygen atoms in total. The minimum absolute atomic E-state index is 0.259. The molecule has 2 rings (SSSR count). The summed E-state index contributed by atoms with van der Waals surface area (Å²) in [6.07, 6.45) is 6.75. The molecule has 1 saturated carbocycles. The van der Waals surface area contributed by atoms with E-state index in [9.17, 15) is 0 Å². The summed E-state index contributed by atoms with van der Waals surface area (Å²) in [6.45, 7) is 6.28. The number of likely N-dealkylation sites (tertiary alicyclic amines) is 1. The van der Waals surface area contributed by atoms with E-state index in [0.29, 0.717) is 0 Å². The first-order valence-electron chi connectivity index (χ1n) is 5.55. The summed E-state index contributed by atoms with van der Waals surface area (Å²) >= 11 is 0. The average Bonchev–Trinajstić information content (AvgIpc) is 2.13. The van der Waals surface area contributed by atoms with Gasteiger partial charge >= 0.3 is 0 Å². The highest BCUT2D eigenvalue weighted by Crippen LogP contribution is 2.41. The predicted octanol–water partition coefficient (Wildman–Crippen LogP) is 2.47. The molecule has 1 heterocycles. The maximum Gasteiger partial charge on any atom is 0.0641 e. The van der Waals surface area contributed by atoms with E-state index in [1.165, 1.54) is 24.8 Å². The third-order valence-electron chi connectivity index (χ3n) is 3.83. The third kappa shape index (κ3) is 1.57. The minimum atomic E-state index is 0.259. The van der Waals surface area contributed by atoms with Crippen molar-refractivity contribution in [1.82, 2.24) is 4.90 Å². The van der Waals surface area contributed by atoms with Crippen LogP contribution in [-0.4, -0.2) is 23.5 Å². The van der Waals surface area contributed by atoms with Crippen LogP contribution in [0, 0.1) is 11.3 Å². The smallest absolute Gasteiger partial charge is 0.0641 e. The molecule has 1 aliphatic heterocycles. The number of piperidine rings is 1. The van der Waals surface area contributed by atoms with Crippen LogP contribution < -0.4 is 0 Å². The largest absolute Gasteiger partial charge is 0.296 e. The van der Waals surface area contributed by atoms with Gasteiger partial charge in [-0.05, 0) is 32.1 Å². The quantitative estimate of drug-likeness (QED) is 0.625. The third-order valence-corrected chi connectivity index (χ3v) is 3.83. The molecule has 0 aromatic heterocycles. The summed E-state index contributed by atoms with van der Waals surface area (Å²) in [5, 5.41) is 8.86. The van der Waals surface area contributed by atoms with E-state index >= 15 is 0 Å². The molecule has 2 fully saturated rings. The Balaban J connectivity index is 1.99. The Morgan fingerprint density at radius 1 is 1.36 bits per heavy atom. The molecule has 2 aliphatic rings. The molecular formula is C12H18N2. The maximum absolute atomic E-state index is 8.86. The Morgan fingerprint density at radius 2 is 2.00 bits per heavy atom. The van der Waals surface area contributed by atoms with Crippen molar-refractivity contribution in [3.63, 3.8) is 0 Å². The highest BCUT2D eigenvalue weighted by Gasteiger charge is 2.42. The SMILES string of the molecule is C=C1CCN(C2(CC#N)CCC2)CC1. The monoisotopic (exact) mass is 190 g/mol. The van der Waals surface area contributed by atoms with Crippen LogP contribution in [0.1, 0.15) is 38.5 Å². The van der Waals surface area contributed by atoms with Gasteiger partial charge in [-0.15, -0.1) is 0 Å². The van der Waals surface area contributed by atoms with Gasteiger partial charge in [0.2, 0.25) is 0 Å². The first-order chi connectivity index (χ1) is 6.77. The fourth-order valence-electron chi connectivity index (χ4n) is 2.63. The summed E-state index contributed by atoms with van der Waals surface area (Å²) in [6, 6.07) is 2.35. The van der Waals surface area contributed by atoms with Gasteiger partial charge in [0.05, 0.1) is 12.5 Å². The fourth-order valence-corrected chi connectivity index (χ4v) is 2.63. The van der Waals surface area contributed by atoms with Crippen molar-refractivity contribution < 1.29 is 0 Å². The molecule has 0 unspecified atom stereocenters. The molecule has 1 saturated heterocycles. The molecule has 2 heteroatoms. The second kappa shape index (κ2) is 3.74. The highest BCUT2D eigenvalue weighted by molar-refractivity contribution is 5.08. The molecule has 0 aromatic carbocycles. The molecule has 0 N–H and O–H groups in total. The van der Waals surface area contributed by atoms with Crippen LogP contribution in [0.2, 0.25) is 0 Å². The maximum atomic E-state index is 8.86. The second-order valence-electron chi connectivity index (χ2n) is 4.65. The molecule has 0 atom stereocenters. The minimum Gasteiger partial charge on any atom is -0.296 e. The van der Waals surface area contributed by atoms with Gasteiger partial charge in [0.1, 0.15) is 0 Å². The summed E-state index contributed by atoms with van der Waals surface area (Å²) in [4.78, 5) is 2.54. The zero-order valence-corrected chi connectivity index (χ0v) is 8.76. The molecule has 1 aliphatic carbocycles. The van der Waals surface area contributed by atoms with Gasteiger partial charge in [0.15, 0.2) is 0 Å². The van der Waals surface area contributed by atoms with Crippen molar-refractivity contribution in [2.75, 3.05) is 13.1 Å². The van der Waals surface area contributed by atoms with Crippen LogP contribution in [0.5, 0.6) is 0 Å². The van der Waals surface area contributed by atoms with Gasteiger partial charge in [0, 0.05) is 18.6 Å². The van der Waals surface area contributed by atoms with Crippen molar-refractivity contribution in [1.29, 1.82) is 5.26 Å². The molecule has 0 bridgehead atoms. The van der Waals surface area contributed by atoms with E-state index in [0.717, 1.165) is 32.4 Å². The fraction of sp³-hybridized carbons (Fsp3) is 0.750. The number of rotatable bonds is 2. The molecule has 14 heavy (non-hydrogen) atoms.